The van der Waals surface area contributed by atoms with E-state index >= 15 is 0 Å². The summed E-state index contributed by atoms with van der Waals surface area (Å²) in [6.45, 7) is 3.24. The van der Waals surface area contributed by atoms with Crippen LogP contribution in [0.25, 0.3) is 0 Å². The maximum Gasteiger partial charge on any atom is 0.247 e. The molecule has 0 aromatic heterocycles. The lowest BCUT2D eigenvalue weighted by Crippen LogP contribution is -2.62. The van der Waals surface area contributed by atoms with Gasteiger partial charge in [0.25, 0.3) is 0 Å². The summed E-state index contributed by atoms with van der Waals surface area (Å²) in [5.74, 6) is 0.0993. The molecule has 1 aliphatic rings. The highest BCUT2D eigenvalue weighted by Crippen LogP contribution is 2.32. The predicted molar refractivity (Wildman–Crippen MR) is 247 cm³/mol. The van der Waals surface area contributed by atoms with Crippen molar-refractivity contribution in [1.82, 2.24) is 10.2 Å². The Hall–Kier alpha value is -6.18. The van der Waals surface area contributed by atoms with E-state index in [1.807, 2.05) is 176 Å². The Morgan fingerprint density at radius 2 is 1.05 bits per heavy atom. The van der Waals surface area contributed by atoms with Crippen molar-refractivity contribution in [2.45, 2.75) is 76.6 Å². The van der Waals surface area contributed by atoms with Crippen molar-refractivity contribution < 1.29 is 42.7 Å². The molecule has 11 nitrogen and oxygen atoms in total. The molecule has 1 fully saturated rings. The number of benzene rings is 6. The molecule has 65 heavy (non-hydrogen) atoms. The molecule has 338 valence electrons. The monoisotopic (exact) mass is 878 g/mol. The number of methoxy groups -OCH3 is 1. The topological polar surface area (TPSA) is 114 Å². The highest BCUT2D eigenvalue weighted by molar-refractivity contribution is 5.88. The fourth-order valence-corrected chi connectivity index (χ4v) is 7.75. The number of carbonyl (C=O) groups is 2. The van der Waals surface area contributed by atoms with Crippen LogP contribution >= 0.6 is 0 Å². The lowest BCUT2D eigenvalue weighted by Gasteiger charge is -2.46. The Bertz CT molecular complexity index is 2290. The fraction of sp³-hybridized carbons (Fsp3) is 0.296. The van der Waals surface area contributed by atoms with E-state index in [4.69, 9.17) is 33.2 Å². The largest absolute Gasteiger partial charge is 0.497 e. The average Bonchev–Trinajstić information content (AvgIpc) is 3.35. The second-order valence-corrected chi connectivity index (χ2v) is 15.8. The molecule has 1 aliphatic heterocycles. The molecular formula is C54H58N2O9. The van der Waals surface area contributed by atoms with E-state index < -0.39 is 36.7 Å². The number of rotatable bonds is 23. The first-order valence-corrected chi connectivity index (χ1v) is 22.0. The third-order valence-electron chi connectivity index (χ3n) is 11.1. The first-order valence-electron chi connectivity index (χ1n) is 22.0. The van der Waals surface area contributed by atoms with E-state index in [2.05, 4.69) is 5.32 Å². The first-order chi connectivity index (χ1) is 31.9. The van der Waals surface area contributed by atoms with Crippen molar-refractivity contribution >= 4 is 11.8 Å². The van der Waals surface area contributed by atoms with Crippen LogP contribution in [0.3, 0.4) is 0 Å². The van der Waals surface area contributed by atoms with Gasteiger partial charge in [-0.3, -0.25) is 9.59 Å². The Labute approximate surface area is 382 Å². The van der Waals surface area contributed by atoms with Gasteiger partial charge >= 0.3 is 0 Å². The van der Waals surface area contributed by atoms with Gasteiger partial charge in [-0.2, -0.15) is 0 Å². The van der Waals surface area contributed by atoms with Crippen molar-refractivity contribution in [3.63, 3.8) is 0 Å². The summed E-state index contributed by atoms with van der Waals surface area (Å²) in [5.41, 5.74) is 5.50. The van der Waals surface area contributed by atoms with Crippen LogP contribution in [0, 0.1) is 0 Å². The Morgan fingerprint density at radius 1 is 0.569 bits per heavy atom. The Balaban J connectivity index is 1.13. The maximum absolute atomic E-state index is 14.3. The molecule has 6 aromatic rings. The molecule has 2 amide bonds. The second kappa shape index (κ2) is 24.8. The summed E-state index contributed by atoms with van der Waals surface area (Å²) in [5, 5.41) is 3.05. The van der Waals surface area contributed by atoms with Crippen LogP contribution in [0.15, 0.2) is 176 Å². The standard InChI is InChI=1S/C54H58N2O9/c1-40(57)56(34-41-28-30-47(59-2)31-29-41)49(46-26-16-7-17-27-46)53(58)55-32-33-61-54-52(64-38-45-24-14-6-15-25-45)51(63-37-44-22-12-5-13-23-44)50(62-36-43-20-10-4-11-21-43)48(65-54)39-60-35-42-18-8-3-9-19-42/h3-31,48-52,54H,32-39H2,1-2H3,(H,55,58)/t48-,49?,50-,51+,52-,54-/m1/s1. The molecule has 0 bridgehead atoms. The molecule has 6 aromatic carbocycles. The van der Waals surface area contributed by atoms with E-state index in [0.29, 0.717) is 24.5 Å². The SMILES string of the molecule is COc1ccc(CN(C(C)=O)C(C(=O)NCCO[C@@H]2O[C@H](COCc3ccccc3)[C@@H](OCc3ccccc3)[C@H](OCc3ccccc3)[C@H]2OCc2ccccc2)c2ccccc2)cc1. The van der Waals surface area contributed by atoms with E-state index in [0.717, 1.165) is 27.8 Å². The summed E-state index contributed by atoms with van der Waals surface area (Å²) in [4.78, 5) is 29.1. The highest BCUT2D eigenvalue weighted by Gasteiger charge is 2.49. The van der Waals surface area contributed by atoms with Gasteiger partial charge in [-0.15, -0.1) is 0 Å². The number of nitrogens with one attached hydrogen (secondary N) is 1. The number of ether oxygens (including phenoxy) is 7. The molecule has 6 atom stereocenters. The van der Waals surface area contributed by atoms with Crippen LogP contribution in [-0.4, -0.2) is 74.3 Å². The summed E-state index contributed by atoms with van der Waals surface area (Å²) in [7, 11) is 1.60. The van der Waals surface area contributed by atoms with E-state index in [9.17, 15) is 9.59 Å². The van der Waals surface area contributed by atoms with E-state index in [1.165, 1.54) is 6.92 Å². The van der Waals surface area contributed by atoms with Gasteiger partial charge in [0.15, 0.2) is 6.29 Å². The molecular weight excluding hydrogens is 821 g/mol. The van der Waals surface area contributed by atoms with Crippen LogP contribution in [0.1, 0.15) is 46.3 Å². The van der Waals surface area contributed by atoms with Gasteiger partial charge < -0.3 is 43.4 Å². The summed E-state index contributed by atoms with van der Waals surface area (Å²) >= 11 is 0. The quantitative estimate of drug-likeness (QED) is 0.0633. The molecule has 11 heteroatoms. The zero-order chi connectivity index (χ0) is 45.1. The summed E-state index contributed by atoms with van der Waals surface area (Å²) in [6.07, 6.45) is -3.66. The lowest BCUT2D eigenvalue weighted by atomic mass is 9.97. The third-order valence-corrected chi connectivity index (χ3v) is 11.1. The normalized spacial score (nSPS) is 18.6. The van der Waals surface area contributed by atoms with Crippen LogP contribution < -0.4 is 10.1 Å². The minimum atomic E-state index is -0.952. The van der Waals surface area contributed by atoms with Crippen molar-refractivity contribution in [3.05, 3.63) is 209 Å². The number of hydrogen-bond acceptors (Lipinski definition) is 9. The Kier molecular flexibility index (Phi) is 17.8. The van der Waals surface area contributed by atoms with Gasteiger partial charge in [-0.05, 0) is 45.5 Å². The molecule has 1 saturated heterocycles. The number of carbonyl (C=O) groups excluding carboxylic acids is 2. The van der Waals surface area contributed by atoms with E-state index in [1.54, 1.807) is 12.0 Å². The van der Waals surface area contributed by atoms with Crippen LogP contribution in [0.2, 0.25) is 0 Å². The van der Waals surface area contributed by atoms with E-state index in [-0.39, 0.29) is 51.3 Å². The van der Waals surface area contributed by atoms with Gasteiger partial charge in [0, 0.05) is 20.0 Å². The molecule has 0 spiro atoms. The van der Waals surface area contributed by atoms with Crippen LogP contribution in [0.4, 0.5) is 0 Å². The zero-order valence-corrected chi connectivity index (χ0v) is 37.0. The first kappa shape index (κ1) is 46.8. The lowest BCUT2D eigenvalue weighted by molar-refractivity contribution is -0.328. The second-order valence-electron chi connectivity index (χ2n) is 15.8. The van der Waals surface area contributed by atoms with Crippen molar-refractivity contribution in [2.24, 2.45) is 0 Å². The molecule has 1 heterocycles. The maximum atomic E-state index is 14.3. The highest BCUT2D eigenvalue weighted by atomic mass is 16.7. The van der Waals surface area contributed by atoms with Crippen molar-refractivity contribution in [2.75, 3.05) is 26.9 Å². The zero-order valence-electron chi connectivity index (χ0n) is 37.0. The smallest absolute Gasteiger partial charge is 0.247 e. The predicted octanol–water partition coefficient (Wildman–Crippen LogP) is 8.62. The number of nitrogens with zero attached hydrogens (tertiary/aromatic N) is 1. The van der Waals surface area contributed by atoms with Crippen LogP contribution in [0.5, 0.6) is 5.75 Å². The molecule has 1 unspecified atom stereocenters. The number of amides is 2. The number of hydrogen-bond donors (Lipinski definition) is 1. The van der Waals surface area contributed by atoms with Crippen LogP contribution in [-0.2, 0) is 71.0 Å². The van der Waals surface area contributed by atoms with Gasteiger partial charge in [-0.1, -0.05) is 164 Å². The minimum absolute atomic E-state index is 0.0558. The van der Waals surface area contributed by atoms with Crippen molar-refractivity contribution in [3.8, 4) is 5.75 Å². The fourth-order valence-electron chi connectivity index (χ4n) is 7.75. The van der Waals surface area contributed by atoms with Gasteiger partial charge in [0.05, 0.1) is 46.8 Å². The Morgan fingerprint density at radius 3 is 1.55 bits per heavy atom. The van der Waals surface area contributed by atoms with Gasteiger partial charge in [0.2, 0.25) is 11.8 Å². The molecule has 0 saturated carbocycles. The van der Waals surface area contributed by atoms with Gasteiger partial charge in [-0.25, -0.2) is 0 Å². The average molecular weight is 879 g/mol. The molecule has 7 rings (SSSR count). The summed E-state index contributed by atoms with van der Waals surface area (Å²) in [6, 6.07) is 55.6. The summed E-state index contributed by atoms with van der Waals surface area (Å²) < 4.78 is 45.5. The molecule has 0 radical (unpaired) electrons. The van der Waals surface area contributed by atoms with Gasteiger partial charge in [0.1, 0.15) is 36.2 Å². The minimum Gasteiger partial charge on any atom is -0.497 e. The molecule has 0 aliphatic carbocycles. The molecule has 1 N–H and O–H groups in total. The third kappa shape index (κ3) is 13.9. The van der Waals surface area contributed by atoms with Crippen molar-refractivity contribution in [1.29, 1.82) is 0 Å².